The molecule has 2 N–H and O–H groups in total. The molecule has 1 aromatic rings. The van der Waals surface area contributed by atoms with Crippen LogP contribution in [0.15, 0.2) is 30.3 Å². The van der Waals surface area contributed by atoms with E-state index in [0.717, 1.165) is 24.2 Å². The van der Waals surface area contributed by atoms with Crippen LogP contribution in [0.3, 0.4) is 0 Å². The van der Waals surface area contributed by atoms with Crippen molar-refractivity contribution < 1.29 is 9.59 Å². The van der Waals surface area contributed by atoms with Crippen LogP contribution in [0.25, 0.3) is 0 Å². The molecule has 1 aromatic carbocycles. The normalized spacial score (nSPS) is 20.4. The quantitative estimate of drug-likeness (QED) is 0.838. The lowest BCUT2D eigenvalue weighted by atomic mass is 10.2. The van der Waals surface area contributed by atoms with Gasteiger partial charge in [0, 0.05) is 24.5 Å². The third-order valence-corrected chi connectivity index (χ3v) is 5.66. The highest BCUT2D eigenvalue weighted by atomic mass is 33.1. The van der Waals surface area contributed by atoms with Crippen molar-refractivity contribution in [2.45, 2.75) is 31.8 Å². The molecule has 1 saturated heterocycles. The zero-order valence-electron chi connectivity index (χ0n) is 11.8. The molecular formula is C15H20N2O2S2. The molecule has 0 radical (unpaired) electrons. The van der Waals surface area contributed by atoms with E-state index in [1.54, 1.807) is 21.6 Å². The van der Waals surface area contributed by atoms with E-state index < -0.39 is 6.04 Å². The van der Waals surface area contributed by atoms with Crippen molar-refractivity contribution in [2.24, 2.45) is 0 Å². The topological polar surface area (TPSA) is 58.2 Å². The molecule has 1 fully saturated rings. The van der Waals surface area contributed by atoms with Gasteiger partial charge in [0.2, 0.25) is 11.8 Å². The van der Waals surface area contributed by atoms with Gasteiger partial charge in [-0.25, -0.2) is 0 Å². The van der Waals surface area contributed by atoms with Gasteiger partial charge < -0.3 is 10.6 Å². The molecule has 0 spiro atoms. The Morgan fingerprint density at radius 3 is 2.86 bits per heavy atom. The first-order chi connectivity index (χ1) is 10.3. The molecule has 4 nitrogen and oxygen atoms in total. The molecule has 0 unspecified atom stereocenters. The van der Waals surface area contributed by atoms with E-state index in [4.69, 9.17) is 0 Å². The number of benzene rings is 1. The summed E-state index contributed by atoms with van der Waals surface area (Å²) in [5, 5.41) is 5.73. The van der Waals surface area contributed by atoms with Gasteiger partial charge in [-0.15, -0.1) is 0 Å². The molecular weight excluding hydrogens is 304 g/mol. The van der Waals surface area contributed by atoms with Crippen LogP contribution in [-0.4, -0.2) is 29.4 Å². The largest absolute Gasteiger partial charge is 0.350 e. The number of hydrogen-bond acceptors (Lipinski definition) is 4. The van der Waals surface area contributed by atoms with Gasteiger partial charge in [0.25, 0.3) is 0 Å². The number of carbonyl (C=O) groups excluding carboxylic acids is 2. The average Bonchev–Trinajstić information content (AvgIpc) is 2.52. The second-order valence-electron chi connectivity index (χ2n) is 4.89. The van der Waals surface area contributed by atoms with Crippen LogP contribution in [0.2, 0.25) is 0 Å². The van der Waals surface area contributed by atoms with Gasteiger partial charge in [0.05, 0.1) is 0 Å². The molecule has 0 saturated carbocycles. The highest BCUT2D eigenvalue weighted by Gasteiger charge is 2.21. The van der Waals surface area contributed by atoms with Crippen molar-refractivity contribution in [3.05, 3.63) is 35.9 Å². The summed E-state index contributed by atoms with van der Waals surface area (Å²) in [6.45, 7) is 0.490. The zero-order chi connectivity index (χ0) is 14.9. The summed E-state index contributed by atoms with van der Waals surface area (Å²) in [5.74, 6) is 1.51. The van der Waals surface area contributed by atoms with Crippen molar-refractivity contribution in [3.63, 3.8) is 0 Å². The first-order valence-corrected chi connectivity index (χ1v) is 9.60. The minimum Gasteiger partial charge on any atom is -0.350 e. The highest BCUT2D eigenvalue weighted by Crippen LogP contribution is 2.24. The molecule has 0 aromatic heterocycles. The summed E-state index contributed by atoms with van der Waals surface area (Å²) >= 11 is 0. The van der Waals surface area contributed by atoms with Crippen LogP contribution in [0.1, 0.15) is 24.8 Å². The standard InChI is InChI=1S/C15H20N2O2S2/c18-14-8-4-5-9-20-21-11-13(17-14)15(19)16-10-12-6-2-1-3-7-12/h1-3,6-7,13H,4-5,8-11H2,(H,16,19)(H,17,18)/t13-/m0/s1. The molecule has 1 aliphatic heterocycles. The molecule has 2 rings (SSSR count). The average molecular weight is 324 g/mol. The van der Waals surface area contributed by atoms with E-state index in [9.17, 15) is 9.59 Å². The summed E-state index contributed by atoms with van der Waals surface area (Å²) in [5.41, 5.74) is 1.05. The highest BCUT2D eigenvalue weighted by molar-refractivity contribution is 8.76. The van der Waals surface area contributed by atoms with E-state index in [2.05, 4.69) is 10.6 Å². The molecule has 1 aliphatic rings. The summed E-state index contributed by atoms with van der Waals surface area (Å²) < 4.78 is 0. The van der Waals surface area contributed by atoms with Crippen molar-refractivity contribution in [1.29, 1.82) is 0 Å². The van der Waals surface area contributed by atoms with E-state index in [-0.39, 0.29) is 11.8 Å². The Balaban J connectivity index is 1.86. The predicted octanol–water partition coefficient (Wildman–Crippen LogP) is 2.35. The Bertz CT molecular complexity index is 468. The van der Waals surface area contributed by atoms with Crippen LogP contribution in [0.5, 0.6) is 0 Å². The first kappa shape index (κ1) is 16.2. The smallest absolute Gasteiger partial charge is 0.243 e. The van der Waals surface area contributed by atoms with E-state index >= 15 is 0 Å². The maximum atomic E-state index is 12.2. The van der Waals surface area contributed by atoms with Crippen LogP contribution >= 0.6 is 21.6 Å². The van der Waals surface area contributed by atoms with E-state index in [1.165, 1.54) is 0 Å². The number of hydrogen-bond donors (Lipinski definition) is 2. The van der Waals surface area contributed by atoms with Crippen molar-refractivity contribution in [3.8, 4) is 0 Å². The SMILES string of the molecule is O=C1CCCCSSC[C@@H](C(=O)NCc2ccccc2)N1. The third kappa shape index (κ3) is 6.01. The summed E-state index contributed by atoms with van der Waals surface area (Å²) in [7, 11) is 3.43. The lowest BCUT2D eigenvalue weighted by molar-refractivity contribution is -0.128. The van der Waals surface area contributed by atoms with Gasteiger partial charge >= 0.3 is 0 Å². The van der Waals surface area contributed by atoms with Gasteiger partial charge in [0.1, 0.15) is 6.04 Å². The fourth-order valence-electron chi connectivity index (χ4n) is 1.98. The van der Waals surface area contributed by atoms with E-state index in [0.29, 0.717) is 18.7 Å². The fraction of sp³-hybridized carbons (Fsp3) is 0.467. The summed E-state index contributed by atoms with van der Waals surface area (Å²) in [6, 6.07) is 9.32. The molecule has 2 amide bonds. The molecule has 21 heavy (non-hydrogen) atoms. The Kier molecular flexibility index (Phi) is 6.95. The van der Waals surface area contributed by atoms with Crippen LogP contribution in [0.4, 0.5) is 0 Å². The van der Waals surface area contributed by atoms with Crippen molar-refractivity contribution >= 4 is 33.4 Å². The van der Waals surface area contributed by atoms with Gasteiger partial charge in [-0.1, -0.05) is 51.9 Å². The Hall–Kier alpha value is -1.14. The number of rotatable bonds is 3. The maximum absolute atomic E-state index is 12.2. The van der Waals surface area contributed by atoms with Crippen LogP contribution < -0.4 is 10.6 Å². The summed E-state index contributed by atoms with van der Waals surface area (Å²) in [4.78, 5) is 24.0. The fourth-order valence-corrected chi connectivity index (χ4v) is 4.29. The summed E-state index contributed by atoms with van der Waals surface area (Å²) in [6.07, 6.45) is 2.45. The van der Waals surface area contributed by atoms with Gasteiger partial charge in [-0.3, -0.25) is 9.59 Å². The Morgan fingerprint density at radius 2 is 2.05 bits per heavy atom. The molecule has 1 heterocycles. The van der Waals surface area contributed by atoms with Crippen LogP contribution in [0, 0.1) is 0 Å². The molecule has 114 valence electrons. The Labute approximate surface area is 133 Å². The van der Waals surface area contributed by atoms with Crippen molar-refractivity contribution in [2.75, 3.05) is 11.5 Å². The zero-order valence-corrected chi connectivity index (χ0v) is 13.5. The van der Waals surface area contributed by atoms with Crippen molar-refractivity contribution in [1.82, 2.24) is 10.6 Å². The molecule has 6 heteroatoms. The molecule has 0 aliphatic carbocycles. The number of nitrogens with one attached hydrogen (secondary N) is 2. The van der Waals surface area contributed by atoms with Gasteiger partial charge in [0.15, 0.2) is 0 Å². The minimum absolute atomic E-state index is 0.0256. The lowest BCUT2D eigenvalue weighted by Gasteiger charge is -2.19. The third-order valence-electron chi connectivity index (χ3n) is 3.16. The Morgan fingerprint density at radius 1 is 1.24 bits per heavy atom. The molecule has 0 bridgehead atoms. The second-order valence-corrected chi connectivity index (χ2v) is 7.51. The molecule has 1 atom stereocenters. The van der Waals surface area contributed by atoms with Gasteiger partial charge in [-0.05, 0) is 18.4 Å². The second kappa shape index (κ2) is 9.00. The predicted molar refractivity (Wildman–Crippen MR) is 89.0 cm³/mol. The monoisotopic (exact) mass is 324 g/mol. The number of amides is 2. The maximum Gasteiger partial charge on any atom is 0.243 e. The minimum atomic E-state index is -0.447. The number of carbonyl (C=O) groups is 2. The lowest BCUT2D eigenvalue weighted by Crippen LogP contribution is -2.48. The van der Waals surface area contributed by atoms with Crippen LogP contribution in [-0.2, 0) is 16.1 Å². The van der Waals surface area contributed by atoms with E-state index in [1.807, 2.05) is 30.3 Å². The van der Waals surface area contributed by atoms with Gasteiger partial charge in [-0.2, -0.15) is 0 Å². The first-order valence-electron chi connectivity index (χ1n) is 7.11.